The Morgan fingerprint density at radius 1 is 0.870 bits per heavy atom. The summed E-state index contributed by atoms with van der Waals surface area (Å²) >= 11 is 0. The third-order valence-corrected chi connectivity index (χ3v) is 2.62. The molecular formula is C12H23N3O8. The number of carboxylic acid groups (broad SMARTS) is 4. The second-order valence-corrected chi connectivity index (χ2v) is 4.82. The second kappa shape index (κ2) is 11.3. The molecule has 0 rings (SSSR count). The molecule has 11 nitrogen and oxygen atoms in total. The van der Waals surface area contributed by atoms with Gasteiger partial charge in [-0.3, -0.25) is 14.4 Å². The summed E-state index contributed by atoms with van der Waals surface area (Å²) in [6, 6.07) is -1.06. The van der Waals surface area contributed by atoms with Crippen LogP contribution in [0.3, 0.4) is 0 Å². The van der Waals surface area contributed by atoms with E-state index in [0.29, 0.717) is 12.8 Å². The van der Waals surface area contributed by atoms with E-state index in [-0.39, 0.29) is 25.7 Å². The van der Waals surface area contributed by atoms with Crippen LogP contribution in [0, 0.1) is 0 Å². The number of nitrogens with two attached hydrogens (primary N) is 3. The lowest BCUT2D eigenvalue weighted by atomic mass is 10.0. The van der Waals surface area contributed by atoms with E-state index in [1.807, 2.05) is 0 Å². The fraction of sp³-hybridized carbons (Fsp3) is 0.667. The molecule has 0 unspecified atom stereocenters. The van der Waals surface area contributed by atoms with Gasteiger partial charge in [-0.25, -0.2) is 4.79 Å². The average molecular weight is 337 g/mol. The maximum atomic E-state index is 10.4. The van der Waals surface area contributed by atoms with E-state index in [0.717, 1.165) is 0 Å². The Bertz CT molecular complexity index is 425. The molecule has 0 saturated carbocycles. The monoisotopic (exact) mass is 337 g/mol. The normalized spacial score (nSPS) is 11.8. The predicted octanol–water partition coefficient (Wildman–Crippen LogP) is -1.41. The zero-order valence-electron chi connectivity index (χ0n) is 12.5. The van der Waals surface area contributed by atoms with Gasteiger partial charge in [-0.1, -0.05) is 0 Å². The number of carboxylic acids is 4. The van der Waals surface area contributed by atoms with Crippen LogP contribution < -0.4 is 17.2 Å². The van der Waals surface area contributed by atoms with E-state index in [1.165, 1.54) is 0 Å². The van der Waals surface area contributed by atoms with Crippen molar-refractivity contribution < 1.29 is 39.6 Å². The minimum absolute atomic E-state index is 0.00962. The molecule has 0 aliphatic rings. The summed E-state index contributed by atoms with van der Waals surface area (Å²) in [7, 11) is 0. The van der Waals surface area contributed by atoms with Crippen molar-refractivity contribution >= 4 is 23.9 Å². The zero-order chi connectivity index (χ0) is 18.6. The van der Waals surface area contributed by atoms with Crippen LogP contribution in [-0.2, 0) is 19.2 Å². The molecule has 0 bridgehead atoms. The summed E-state index contributed by atoms with van der Waals surface area (Å²) in [6.07, 6.45) is 0.647. The van der Waals surface area contributed by atoms with Crippen molar-refractivity contribution in [2.24, 2.45) is 17.2 Å². The first kappa shape index (κ1) is 23.0. The van der Waals surface area contributed by atoms with Crippen LogP contribution in [0.5, 0.6) is 0 Å². The summed E-state index contributed by atoms with van der Waals surface area (Å²) in [4.78, 5) is 40.3. The summed E-state index contributed by atoms with van der Waals surface area (Å²) < 4.78 is 0. The van der Waals surface area contributed by atoms with Crippen molar-refractivity contribution in [2.45, 2.75) is 50.2 Å². The fourth-order valence-corrected chi connectivity index (χ4v) is 1.20. The number of unbranched alkanes of at least 4 members (excludes halogenated alkanes) is 1. The molecule has 0 spiro atoms. The van der Waals surface area contributed by atoms with E-state index in [4.69, 9.17) is 37.6 Å². The third kappa shape index (κ3) is 14.5. The van der Waals surface area contributed by atoms with Crippen LogP contribution in [0.1, 0.15) is 38.5 Å². The molecule has 0 aromatic carbocycles. The van der Waals surface area contributed by atoms with Crippen LogP contribution in [0.15, 0.2) is 0 Å². The Morgan fingerprint density at radius 3 is 1.70 bits per heavy atom. The van der Waals surface area contributed by atoms with Crippen LogP contribution in [0.4, 0.5) is 0 Å². The highest BCUT2D eigenvalue weighted by molar-refractivity contribution is 5.77. The van der Waals surface area contributed by atoms with Gasteiger partial charge in [-0.15, -0.1) is 0 Å². The highest BCUT2D eigenvalue weighted by Gasteiger charge is 2.27. The van der Waals surface area contributed by atoms with Gasteiger partial charge < -0.3 is 37.6 Å². The summed E-state index contributed by atoms with van der Waals surface area (Å²) in [5.41, 5.74) is 13.7. The van der Waals surface area contributed by atoms with E-state index in [9.17, 15) is 19.2 Å². The van der Waals surface area contributed by atoms with Gasteiger partial charge in [0.05, 0.1) is 0 Å². The van der Waals surface area contributed by atoms with Crippen molar-refractivity contribution in [3.8, 4) is 0 Å². The van der Waals surface area contributed by atoms with Crippen molar-refractivity contribution in [3.05, 3.63) is 0 Å². The minimum Gasteiger partial charge on any atom is -0.481 e. The Labute approximate surface area is 132 Å². The van der Waals surface area contributed by atoms with Gasteiger partial charge in [0, 0.05) is 12.8 Å². The van der Waals surface area contributed by atoms with E-state index in [2.05, 4.69) is 0 Å². The van der Waals surface area contributed by atoms with Crippen LogP contribution in [0.2, 0.25) is 0 Å². The Morgan fingerprint density at radius 2 is 1.35 bits per heavy atom. The molecule has 0 saturated heterocycles. The molecule has 23 heavy (non-hydrogen) atoms. The molecule has 0 radical (unpaired) electrons. The lowest BCUT2D eigenvalue weighted by Crippen LogP contribution is -2.56. The quantitative estimate of drug-likeness (QED) is 0.181. The zero-order valence-corrected chi connectivity index (χ0v) is 12.5. The van der Waals surface area contributed by atoms with Crippen molar-refractivity contribution in [2.75, 3.05) is 0 Å². The maximum Gasteiger partial charge on any atom is 0.338 e. The summed E-state index contributed by atoms with van der Waals surface area (Å²) in [5.74, 6) is -4.38. The van der Waals surface area contributed by atoms with Gasteiger partial charge in [0.1, 0.15) is 6.04 Å². The van der Waals surface area contributed by atoms with Crippen LogP contribution >= 0.6 is 0 Å². The molecule has 0 aromatic rings. The molecule has 134 valence electrons. The molecule has 0 fully saturated rings. The molecular weight excluding hydrogens is 314 g/mol. The van der Waals surface area contributed by atoms with Gasteiger partial charge in [0.15, 0.2) is 5.66 Å². The summed E-state index contributed by atoms with van der Waals surface area (Å²) in [6.45, 7) is 0. The molecule has 0 aromatic heterocycles. The number of hydrogen-bond donors (Lipinski definition) is 7. The van der Waals surface area contributed by atoms with Gasteiger partial charge >= 0.3 is 23.9 Å². The molecule has 10 N–H and O–H groups in total. The van der Waals surface area contributed by atoms with Gasteiger partial charge in [-0.05, 0) is 25.7 Å². The van der Waals surface area contributed by atoms with E-state index < -0.39 is 35.6 Å². The van der Waals surface area contributed by atoms with Crippen molar-refractivity contribution in [1.82, 2.24) is 0 Å². The largest absolute Gasteiger partial charge is 0.481 e. The van der Waals surface area contributed by atoms with Crippen LogP contribution in [-0.4, -0.2) is 56.0 Å². The first-order valence-electron chi connectivity index (χ1n) is 6.63. The maximum absolute atomic E-state index is 10.4. The minimum atomic E-state index is -1.74. The van der Waals surface area contributed by atoms with E-state index >= 15 is 0 Å². The molecule has 1 atom stereocenters. The standard InChI is InChI=1S/C7H14N2O4.C5H9NO4/c8-7(9,6(12)13)4-2-1-3-5(10)11;6-3(5(9)10)1-2-4(7)8/h1-4,8-9H2,(H,10,11)(H,12,13);3H,1-2,6H2,(H,7,8)(H,9,10)/t;3-/m.0/s1. The molecule has 0 aliphatic carbocycles. The molecule has 0 amide bonds. The highest BCUT2D eigenvalue weighted by atomic mass is 16.4. The fourth-order valence-electron chi connectivity index (χ4n) is 1.20. The topological polar surface area (TPSA) is 227 Å². The Hall–Kier alpha value is -2.24. The van der Waals surface area contributed by atoms with E-state index in [1.54, 1.807) is 0 Å². The SMILES string of the molecule is NC(N)(CCCCC(=O)O)C(=O)O.N[C@@H](CCC(=O)O)C(=O)O. The number of aliphatic carboxylic acids is 4. The van der Waals surface area contributed by atoms with Gasteiger partial charge in [0.2, 0.25) is 0 Å². The molecule has 11 heteroatoms. The van der Waals surface area contributed by atoms with Crippen molar-refractivity contribution in [1.29, 1.82) is 0 Å². The first-order chi connectivity index (χ1) is 10.4. The second-order valence-electron chi connectivity index (χ2n) is 4.82. The Kier molecular flexibility index (Phi) is 11.4. The summed E-state index contributed by atoms with van der Waals surface area (Å²) in [5, 5.41) is 33.0. The Balaban J connectivity index is 0. The van der Waals surface area contributed by atoms with Crippen LogP contribution in [0.25, 0.3) is 0 Å². The predicted molar refractivity (Wildman–Crippen MR) is 77.3 cm³/mol. The number of carbonyl (C=O) groups is 4. The highest BCUT2D eigenvalue weighted by Crippen LogP contribution is 2.07. The van der Waals surface area contributed by atoms with Gasteiger partial charge in [-0.2, -0.15) is 0 Å². The average Bonchev–Trinajstić information content (AvgIpc) is 2.41. The van der Waals surface area contributed by atoms with Crippen molar-refractivity contribution in [3.63, 3.8) is 0 Å². The molecule has 0 heterocycles. The lowest BCUT2D eigenvalue weighted by molar-refractivity contribution is -0.143. The molecule has 0 aliphatic heterocycles. The number of hydrogen-bond acceptors (Lipinski definition) is 7. The number of rotatable bonds is 10. The first-order valence-corrected chi connectivity index (χ1v) is 6.63. The van der Waals surface area contributed by atoms with Gasteiger partial charge in [0.25, 0.3) is 0 Å². The smallest absolute Gasteiger partial charge is 0.338 e. The lowest BCUT2D eigenvalue weighted by Gasteiger charge is -2.18. The third-order valence-electron chi connectivity index (χ3n) is 2.62.